The minimum Gasteiger partial charge on any atom is -0.481 e. The van der Waals surface area contributed by atoms with Crippen LogP contribution in [-0.2, 0) is 17.8 Å². The molecule has 0 radical (unpaired) electrons. The first-order chi connectivity index (χ1) is 9.70. The first kappa shape index (κ1) is 12.5. The number of thiophene rings is 1. The Balaban J connectivity index is 1.72. The maximum atomic E-state index is 10.6. The average Bonchev–Trinajstić information content (AvgIpc) is 3.09. The molecule has 3 heterocycles. The topological polar surface area (TPSA) is 94.0 Å². The molecule has 3 aromatic rings. The van der Waals surface area contributed by atoms with Gasteiger partial charge in [-0.15, -0.1) is 16.4 Å². The number of hydrogen-bond donors (Lipinski definition) is 1. The maximum Gasteiger partial charge on any atom is 0.309 e. The van der Waals surface area contributed by atoms with Crippen molar-refractivity contribution >= 4 is 17.3 Å². The monoisotopic (exact) mass is 290 g/mol. The van der Waals surface area contributed by atoms with Gasteiger partial charge in [0, 0.05) is 6.20 Å². The third kappa shape index (κ3) is 2.75. The lowest BCUT2D eigenvalue weighted by atomic mass is 10.3. The Morgan fingerprint density at radius 1 is 1.45 bits per heavy atom. The zero-order chi connectivity index (χ0) is 13.9. The number of carboxylic acids is 1. The predicted molar refractivity (Wildman–Crippen MR) is 70.3 cm³/mol. The van der Waals surface area contributed by atoms with Gasteiger partial charge in [-0.1, -0.05) is 11.3 Å². The summed E-state index contributed by atoms with van der Waals surface area (Å²) < 4.78 is 6.93. The summed E-state index contributed by atoms with van der Waals surface area (Å²) in [5, 5.41) is 18.3. The van der Waals surface area contributed by atoms with Gasteiger partial charge in [-0.3, -0.25) is 4.79 Å². The second kappa shape index (κ2) is 5.25. The van der Waals surface area contributed by atoms with Crippen molar-refractivity contribution in [1.82, 2.24) is 20.0 Å². The summed E-state index contributed by atoms with van der Waals surface area (Å²) in [5.74, 6) is -0.362. The molecule has 0 saturated heterocycles. The smallest absolute Gasteiger partial charge is 0.309 e. The van der Waals surface area contributed by atoms with E-state index >= 15 is 0 Å². The normalized spacial score (nSPS) is 10.8. The third-order valence-corrected chi connectivity index (χ3v) is 3.38. The van der Waals surface area contributed by atoms with Crippen molar-refractivity contribution in [3.63, 3.8) is 0 Å². The van der Waals surface area contributed by atoms with Crippen LogP contribution in [-0.4, -0.2) is 31.1 Å². The highest BCUT2D eigenvalue weighted by Crippen LogP contribution is 2.23. The molecular formula is C12H10N4O3S. The van der Waals surface area contributed by atoms with Crippen LogP contribution in [0.2, 0.25) is 0 Å². The number of aliphatic carboxylic acids is 1. The predicted octanol–water partition coefficient (Wildman–Crippen LogP) is 1.67. The molecular weight excluding hydrogens is 280 g/mol. The van der Waals surface area contributed by atoms with E-state index in [1.807, 2.05) is 17.5 Å². The summed E-state index contributed by atoms with van der Waals surface area (Å²) in [6, 6.07) is 3.86. The standard InChI is InChI=1S/C12H10N4O3S/c17-11(18)4-8-5-16(15-14-8)6-9-7-19-12(13-9)10-2-1-3-20-10/h1-3,5,7H,4,6H2,(H,17,18). The fraction of sp³-hybridized carbons (Fsp3) is 0.167. The van der Waals surface area contributed by atoms with E-state index in [1.54, 1.807) is 23.8 Å². The SMILES string of the molecule is O=C(O)Cc1cn(Cc2coc(-c3cccs3)n2)nn1. The van der Waals surface area contributed by atoms with Gasteiger partial charge in [0.25, 0.3) is 0 Å². The number of nitrogens with zero attached hydrogens (tertiary/aromatic N) is 4. The summed E-state index contributed by atoms with van der Waals surface area (Å²) in [7, 11) is 0. The van der Waals surface area contributed by atoms with Gasteiger partial charge in [-0.25, -0.2) is 9.67 Å². The van der Waals surface area contributed by atoms with Gasteiger partial charge in [-0.05, 0) is 11.4 Å². The molecule has 0 aliphatic rings. The Hall–Kier alpha value is -2.48. The molecule has 20 heavy (non-hydrogen) atoms. The second-order valence-electron chi connectivity index (χ2n) is 4.10. The Kier molecular flexibility index (Phi) is 3.30. The minimum absolute atomic E-state index is 0.140. The first-order valence-electron chi connectivity index (χ1n) is 5.80. The molecule has 1 N–H and O–H groups in total. The lowest BCUT2D eigenvalue weighted by Gasteiger charge is -1.93. The Bertz CT molecular complexity index is 717. The molecule has 3 aromatic heterocycles. The van der Waals surface area contributed by atoms with Crippen LogP contribution < -0.4 is 0 Å². The van der Waals surface area contributed by atoms with Crippen LogP contribution in [0.5, 0.6) is 0 Å². The molecule has 0 saturated carbocycles. The largest absolute Gasteiger partial charge is 0.481 e. The fourth-order valence-corrected chi connectivity index (χ4v) is 2.37. The highest BCUT2D eigenvalue weighted by Gasteiger charge is 2.10. The third-order valence-electron chi connectivity index (χ3n) is 2.53. The number of oxazole rings is 1. The van der Waals surface area contributed by atoms with Gasteiger partial charge in [0.1, 0.15) is 12.0 Å². The van der Waals surface area contributed by atoms with E-state index in [-0.39, 0.29) is 6.42 Å². The maximum absolute atomic E-state index is 10.6. The summed E-state index contributed by atoms with van der Waals surface area (Å²) in [6.45, 7) is 0.390. The second-order valence-corrected chi connectivity index (χ2v) is 5.05. The number of carbonyl (C=O) groups is 1. The first-order valence-corrected chi connectivity index (χ1v) is 6.68. The van der Waals surface area contributed by atoms with Gasteiger partial charge < -0.3 is 9.52 Å². The molecule has 0 amide bonds. The molecule has 0 unspecified atom stereocenters. The Labute approximate surface area is 117 Å². The zero-order valence-electron chi connectivity index (χ0n) is 10.3. The van der Waals surface area contributed by atoms with Crippen LogP contribution in [0.15, 0.2) is 34.4 Å². The van der Waals surface area contributed by atoms with Crippen molar-refractivity contribution in [2.45, 2.75) is 13.0 Å². The van der Waals surface area contributed by atoms with Crippen LogP contribution in [0, 0.1) is 0 Å². The molecule has 102 valence electrons. The summed E-state index contributed by atoms with van der Waals surface area (Å²) in [4.78, 5) is 15.9. The average molecular weight is 290 g/mol. The molecule has 0 aliphatic heterocycles. The Morgan fingerprint density at radius 3 is 3.10 bits per heavy atom. The number of hydrogen-bond acceptors (Lipinski definition) is 6. The van der Waals surface area contributed by atoms with Crippen LogP contribution in [0.25, 0.3) is 10.8 Å². The number of rotatable bonds is 5. The summed E-state index contributed by atoms with van der Waals surface area (Å²) in [6.07, 6.45) is 3.01. The van der Waals surface area contributed by atoms with Crippen molar-refractivity contribution in [2.24, 2.45) is 0 Å². The van der Waals surface area contributed by atoms with Crippen LogP contribution >= 0.6 is 11.3 Å². The molecule has 7 nitrogen and oxygen atoms in total. The summed E-state index contributed by atoms with van der Waals surface area (Å²) in [5.41, 5.74) is 1.12. The van der Waals surface area contributed by atoms with E-state index in [4.69, 9.17) is 9.52 Å². The van der Waals surface area contributed by atoms with Gasteiger partial charge in [0.05, 0.1) is 23.5 Å². The fourth-order valence-electron chi connectivity index (χ4n) is 1.71. The minimum atomic E-state index is -0.932. The lowest BCUT2D eigenvalue weighted by molar-refractivity contribution is -0.136. The van der Waals surface area contributed by atoms with Gasteiger partial charge >= 0.3 is 5.97 Å². The molecule has 0 bridgehead atoms. The quantitative estimate of drug-likeness (QED) is 0.768. The van der Waals surface area contributed by atoms with Crippen LogP contribution in [0.4, 0.5) is 0 Å². The van der Waals surface area contributed by atoms with Crippen molar-refractivity contribution < 1.29 is 14.3 Å². The molecule has 0 atom stereocenters. The highest BCUT2D eigenvalue weighted by atomic mass is 32.1. The van der Waals surface area contributed by atoms with Crippen molar-refractivity contribution in [3.05, 3.63) is 41.4 Å². The molecule has 0 aliphatic carbocycles. The van der Waals surface area contributed by atoms with Gasteiger partial charge in [-0.2, -0.15) is 0 Å². The van der Waals surface area contributed by atoms with Gasteiger partial charge in [0.15, 0.2) is 0 Å². The van der Waals surface area contributed by atoms with Crippen LogP contribution in [0.3, 0.4) is 0 Å². The van der Waals surface area contributed by atoms with Gasteiger partial charge in [0.2, 0.25) is 5.89 Å². The molecule has 3 rings (SSSR count). The highest BCUT2D eigenvalue weighted by molar-refractivity contribution is 7.13. The lowest BCUT2D eigenvalue weighted by Crippen LogP contribution is -2.01. The van der Waals surface area contributed by atoms with E-state index in [0.717, 1.165) is 4.88 Å². The van der Waals surface area contributed by atoms with E-state index in [2.05, 4.69) is 15.3 Å². The van der Waals surface area contributed by atoms with Crippen molar-refractivity contribution in [1.29, 1.82) is 0 Å². The Morgan fingerprint density at radius 2 is 2.35 bits per heavy atom. The van der Waals surface area contributed by atoms with E-state index < -0.39 is 5.97 Å². The summed E-state index contributed by atoms with van der Waals surface area (Å²) >= 11 is 1.55. The van der Waals surface area contributed by atoms with Crippen molar-refractivity contribution in [3.8, 4) is 10.8 Å². The van der Waals surface area contributed by atoms with E-state index in [0.29, 0.717) is 23.8 Å². The number of carboxylic acid groups (broad SMARTS) is 1. The molecule has 0 fully saturated rings. The van der Waals surface area contributed by atoms with E-state index in [1.165, 1.54) is 4.68 Å². The number of aromatic nitrogens is 4. The van der Waals surface area contributed by atoms with E-state index in [9.17, 15) is 4.79 Å². The molecule has 8 heteroatoms. The van der Waals surface area contributed by atoms with Crippen LogP contribution in [0.1, 0.15) is 11.4 Å². The zero-order valence-corrected chi connectivity index (χ0v) is 11.1. The molecule has 0 aromatic carbocycles. The molecule has 0 spiro atoms. The van der Waals surface area contributed by atoms with Crippen molar-refractivity contribution in [2.75, 3.05) is 0 Å².